The molecule has 0 spiro atoms. The molecule has 5 rings (SSSR count). The van der Waals surface area contributed by atoms with Crippen LogP contribution in [0.1, 0.15) is 24.0 Å². The highest BCUT2D eigenvalue weighted by Gasteiger charge is 2.15. The first-order valence-corrected chi connectivity index (χ1v) is 11.4. The van der Waals surface area contributed by atoms with Crippen LogP contribution in [0.2, 0.25) is 0 Å². The number of carbonyl (C=O) groups is 1. The number of carbonyl (C=O) groups excluding carboxylic acids is 1. The molecule has 1 aliphatic rings. The summed E-state index contributed by atoms with van der Waals surface area (Å²) in [6.07, 6.45) is 3.58. The van der Waals surface area contributed by atoms with Crippen LogP contribution in [0.15, 0.2) is 50.3 Å². The van der Waals surface area contributed by atoms with E-state index < -0.39 is 5.76 Å². The van der Waals surface area contributed by atoms with Crippen molar-refractivity contribution in [2.45, 2.75) is 32.2 Å². The normalized spacial score (nSPS) is 12.8. The van der Waals surface area contributed by atoms with Gasteiger partial charge in [0.25, 0.3) is 5.89 Å². The van der Waals surface area contributed by atoms with Crippen molar-refractivity contribution >= 4 is 33.7 Å². The molecule has 152 valence electrons. The van der Waals surface area contributed by atoms with Crippen LogP contribution in [0.5, 0.6) is 0 Å². The van der Waals surface area contributed by atoms with Gasteiger partial charge in [-0.3, -0.25) is 4.79 Å². The van der Waals surface area contributed by atoms with Crippen LogP contribution in [0, 0.1) is 0 Å². The predicted molar refractivity (Wildman–Crippen MR) is 117 cm³/mol. The SMILES string of the molecule is O=C(CCn1nc(-c2cccs2)oc1=O)Nc1nc(-c2ccc3c(c2)CCC3)cs1. The average Bonchev–Trinajstić information content (AvgIpc) is 3.52. The summed E-state index contributed by atoms with van der Waals surface area (Å²) in [5, 5.41) is 11.3. The van der Waals surface area contributed by atoms with Gasteiger partial charge in [-0.25, -0.2) is 9.78 Å². The fraction of sp³-hybridized carbons (Fsp3) is 0.238. The molecule has 4 aromatic rings. The Kier molecular flexibility index (Phi) is 5.06. The molecule has 0 saturated carbocycles. The van der Waals surface area contributed by atoms with E-state index in [9.17, 15) is 9.59 Å². The molecule has 30 heavy (non-hydrogen) atoms. The number of aromatic nitrogens is 3. The predicted octanol–water partition coefficient (Wildman–Crippen LogP) is 4.21. The van der Waals surface area contributed by atoms with Crippen molar-refractivity contribution in [3.63, 3.8) is 0 Å². The van der Waals surface area contributed by atoms with Gasteiger partial charge in [-0.2, -0.15) is 4.68 Å². The highest BCUT2D eigenvalue weighted by molar-refractivity contribution is 7.14. The molecule has 3 aromatic heterocycles. The monoisotopic (exact) mass is 438 g/mol. The van der Waals surface area contributed by atoms with Crippen molar-refractivity contribution in [1.29, 1.82) is 0 Å². The minimum absolute atomic E-state index is 0.101. The smallest absolute Gasteiger partial charge is 0.387 e. The molecular weight excluding hydrogens is 420 g/mol. The Morgan fingerprint density at radius 3 is 2.97 bits per heavy atom. The van der Waals surface area contributed by atoms with Gasteiger partial charge in [0.1, 0.15) is 0 Å². The molecule has 1 N–H and O–H groups in total. The van der Waals surface area contributed by atoms with E-state index in [0.29, 0.717) is 5.13 Å². The van der Waals surface area contributed by atoms with Gasteiger partial charge in [-0.05, 0) is 47.9 Å². The van der Waals surface area contributed by atoms with E-state index in [1.807, 2.05) is 22.9 Å². The molecule has 9 heteroatoms. The largest absolute Gasteiger partial charge is 0.437 e. The van der Waals surface area contributed by atoms with Crippen LogP contribution < -0.4 is 11.1 Å². The third-order valence-corrected chi connectivity index (χ3v) is 6.65. The zero-order chi connectivity index (χ0) is 20.5. The molecule has 0 radical (unpaired) electrons. The Labute approximate surface area is 180 Å². The topological polar surface area (TPSA) is 90.0 Å². The van der Waals surface area contributed by atoms with E-state index >= 15 is 0 Å². The summed E-state index contributed by atoms with van der Waals surface area (Å²) in [4.78, 5) is 29.6. The lowest BCUT2D eigenvalue weighted by Crippen LogP contribution is -2.20. The van der Waals surface area contributed by atoms with Gasteiger partial charge < -0.3 is 9.73 Å². The minimum Gasteiger partial charge on any atom is -0.387 e. The van der Waals surface area contributed by atoms with Crippen molar-refractivity contribution in [3.8, 4) is 22.0 Å². The highest BCUT2D eigenvalue weighted by Crippen LogP contribution is 2.30. The molecule has 0 unspecified atom stereocenters. The maximum Gasteiger partial charge on any atom is 0.437 e. The molecule has 3 heterocycles. The van der Waals surface area contributed by atoms with Crippen LogP contribution >= 0.6 is 22.7 Å². The zero-order valence-corrected chi connectivity index (χ0v) is 17.6. The Morgan fingerprint density at radius 1 is 1.20 bits per heavy atom. The van der Waals surface area contributed by atoms with Gasteiger partial charge in [0.2, 0.25) is 5.91 Å². The summed E-state index contributed by atoms with van der Waals surface area (Å²) in [7, 11) is 0. The fourth-order valence-corrected chi connectivity index (χ4v) is 4.91. The summed E-state index contributed by atoms with van der Waals surface area (Å²) >= 11 is 2.83. The summed E-state index contributed by atoms with van der Waals surface area (Å²) in [5.41, 5.74) is 4.75. The number of rotatable bonds is 6. The number of thiazole rings is 1. The summed E-state index contributed by atoms with van der Waals surface area (Å²) < 4.78 is 6.33. The number of benzene rings is 1. The van der Waals surface area contributed by atoms with Gasteiger partial charge in [0.15, 0.2) is 5.13 Å². The van der Waals surface area contributed by atoms with E-state index in [4.69, 9.17) is 4.42 Å². The zero-order valence-electron chi connectivity index (χ0n) is 16.0. The molecule has 0 atom stereocenters. The second-order valence-corrected chi connectivity index (χ2v) is 8.85. The number of anilines is 1. The first kappa shape index (κ1) is 19.0. The Hall–Kier alpha value is -3.04. The Balaban J connectivity index is 1.21. The minimum atomic E-state index is -0.570. The van der Waals surface area contributed by atoms with Crippen molar-refractivity contribution in [3.05, 3.63) is 62.8 Å². The second-order valence-electron chi connectivity index (χ2n) is 7.05. The lowest BCUT2D eigenvalue weighted by molar-refractivity contribution is -0.116. The number of hydrogen-bond donors (Lipinski definition) is 1. The molecular formula is C21H18N4O3S2. The van der Waals surface area contributed by atoms with Gasteiger partial charge in [0.05, 0.1) is 17.1 Å². The third-order valence-electron chi connectivity index (χ3n) is 5.03. The first-order valence-electron chi connectivity index (χ1n) is 9.65. The van der Waals surface area contributed by atoms with Crippen LogP contribution in [-0.2, 0) is 24.2 Å². The third kappa shape index (κ3) is 3.86. The molecule has 1 aromatic carbocycles. The molecule has 0 saturated heterocycles. The van der Waals surface area contributed by atoms with Gasteiger partial charge >= 0.3 is 5.76 Å². The number of nitrogens with zero attached hydrogens (tertiary/aromatic N) is 3. The standard InChI is InChI=1S/C21H18N4O3S2/c26-18(8-9-25-21(27)28-19(24-25)17-5-2-10-29-17)23-20-22-16(12-30-20)15-7-6-13-3-1-4-14(13)11-15/h2,5-7,10-12H,1,3-4,8-9H2,(H,22,23,26). The fourth-order valence-electron chi connectivity index (χ4n) is 3.53. The number of aryl methyl sites for hydroxylation is 3. The van der Waals surface area contributed by atoms with Crippen molar-refractivity contribution < 1.29 is 9.21 Å². The van der Waals surface area contributed by atoms with E-state index in [2.05, 4.69) is 33.6 Å². The lowest BCUT2D eigenvalue weighted by Gasteiger charge is -2.03. The Morgan fingerprint density at radius 2 is 2.10 bits per heavy atom. The number of nitrogens with one attached hydrogen (secondary N) is 1. The van der Waals surface area contributed by atoms with Crippen LogP contribution in [-0.4, -0.2) is 20.7 Å². The van der Waals surface area contributed by atoms with Crippen molar-refractivity contribution in [2.24, 2.45) is 0 Å². The number of thiophene rings is 1. The van der Waals surface area contributed by atoms with Crippen LogP contribution in [0.25, 0.3) is 22.0 Å². The molecule has 7 nitrogen and oxygen atoms in total. The number of amides is 1. The van der Waals surface area contributed by atoms with Crippen LogP contribution in [0.3, 0.4) is 0 Å². The highest BCUT2D eigenvalue weighted by atomic mass is 32.1. The summed E-state index contributed by atoms with van der Waals surface area (Å²) in [6.45, 7) is 0.141. The van der Waals surface area contributed by atoms with Gasteiger partial charge in [0, 0.05) is 17.4 Å². The summed E-state index contributed by atoms with van der Waals surface area (Å²) in [5.74, 6) is -0.522. The number of hydrogen-bond acceptors (Lipinski definition) is 7. The van der Waals surface area contributed by atoms with Gasteiger partial charge in [-0.1, -0.05) is 18.2 Å². The maximum atomic E-state index is 12.3. The second kappa shape index (κ2) is 8.00. The Bertz CT molecular complexity index is 1250. The average molecular weight is 439 g/mol. The van der Waals surface area contributed by atoms with E-state index in [-0.39, 0.29) is 24.8 Å². The van der Waals surface area contributed by atoms with Crippen LogP contribution in [0.4, 0.5) is 5.13 Å². The van der Waals surface area contributed by atoms with E-state index in [1.165, 1.54) is 44.9 Å². The molecule has 0 bridgehead atoms. The quantitative estimate of drug-likeness (QED) is 0.487. The molecule has 0 fully saturated rings. The maximum absolute atomic E-state index is 12.3. The van der Waals surface area contributed by atoms with E-state index in [0.717, 1.165) is 29.0 Å². The first-order chi connectivity index (χ1) is 14.7. The van der Waals surface area contributed by atoms with E-state index in [1.54, 1.807) is 0 Å². The van der Waals surface area contributed by atoms with Crippen molar-refractivity contribution in [1.82, 2.24) is 14.8 Å². The van der Waals surface area contributed by atoms with Crippen molar-refractivity contribution in [2.75, 3.05) is 5.32 Å². The molecule has 0 aliphatic heterocycles. The summed E-state index contributed by atoms with van der Waals surface area (Å²) in [6, 6.07) is 10.2. The molecule has 1 amide bonds. The number of fused-ring (bicyclic) bond motifs is 1. The van der Waals surface area contributed by atoms with Gasteiger partial charge in [-0.15, -0.1) is 27.8 Å². The lowest BCUT2D eigenvalue weighted by atomic mass is 10.1. The molecule has 1 aliphatic carbocycles.